The predicted octanol–water partition coefficient (Wildman–Crippen LogP) is 5.41. The van der Waals surface area contributed by atoms with Crippen LogP contribution in [-0.2, 0) is 4.79 Å². The molecule has 3 heterocycles. The third-order valence-electron chi connectivity index (χ3n) is 5.93. The summed E-state index contributed by atoms with van der Waals surface area (Å²) >= 11 is 1.32. The molecule has 11 heteroatoms. The Labute approximate surface area is 201 Å². The number of anilines is 1. The molecule has 3 aromatic rings. The number of nitrogens with one attached hydrogen (secondary N) is 4. The second-order valence-electron chi connectivity index (χ2n) is 8.30. The molecule has 180 valence electrons. The number of thiophene rings is 1. The Kier molecular flexibility index (Phi) is 5.72. The van der Waals surface area contributed by atoms with Gasteiger partial charge >= 0.3 is 12.2 Å². The van der Waals surface area contributed by atoms with Crippen LogP contribution in [0, 0.1) is 5.92 Å². The molecule has 1 aliphatic heterocycles. The van der Waals surface area contributed by atoms with E-state index in [2.05, 4.69) is 26.1 Å². The van der Waals surface area contributed by atoms with E-state index in [-0.39, 0.29) is 12.3 Å². The highest BCUT2D eigenvalue weighted by Crippen LogP contribution is 2.39. The summed E-state index contributed by atoms with van der Waals surface area (Å²) in [5.41, 5.74) is 2.85. The van der Waals surface area contributed by atoms with Gasteiger partial charge in [0.2, 0.25) is 0 Å². The Morgan fingerprint density at radius 2 is 2.06 bits per heavy atom. The number of aromatic amines is 1. The zero-order valence-corrected chi connectivity index (χ0v) is 19.2. The van der Waals surface area contributed by atoms with E-state index in [1.165, 1.54) is 23.5 Å². The van der Waals surface area contributed by atoms with Crippen molar-refractivity contribution in [2.45, 2.75) is 25.6 Å². The topological polar surface area (TPSA) is 98.9 Å². The number of alkyl halides is 3. The Bertz CT molecular complexity index is 1420. The van der Waals surface area contributed by atoms with E-state index >= 15 is 0 Å². The van der Waals surface area contributed by atoms with Gasteiger partial charge in [0.15, 0.2) is 0 Å². The standard InChI is InChI=1S/C24H20F3N5O2S/c1-12-20(22(33)30-16-6-7-17-14(10-16)11-28-32-17)21(31-23(34)29-12)19-9-8-18(35-19)13-2-4-15(5-3-13)24(25,26)27/h2-4,6-11,15,21H,5H2,1H3,(H,28,32)(H,30,33)(H2,29,31,34). The molecule has 4 N–H and O–H groups in total. The summed E-state index contributed by atoms with van der Waals surface area (Å²) in [7, 11) is 0. The fourth-order valence-corrected chi connectivity index (χ4v) is 5.23. The number of benzene rings is 1. The summed E-state index contributed by atoms with van der Waals surface area (Å²) in [5, 5.41) is 16.0. The van der Waals surface area contributed by atoms with E-state index in [1.54, 1.807) is 49.5 Å². The first-order valence-corrected chi connectivity index (χ1v) is 11.6. The number of amides is 3. The van der Waals surface area contributed by atoms with Gasteiger partial charge in [0.1, 0.15) is 0 Å². The van der Waals surface area contributed by atoms with Gasteiger partial charge in [-0.1, -0.05) is 18.2 Å². The molecule has 2 aliphatic rings. The average molecular weight is 500 g/mol. The minimum Gasteiger partial charge on any atom is -0.326 e. The molecular weight excluding hydrogens is 479 g/mol. The van der Waals surface area contributed by atoms with Crippen LogP contribution in [-0.4, -0.2) is 28.3 Å². The maximum absolute atomic E-state index is 13.3. The average Bonchev–Trinajstić information content (AvgIpc) is 3.47. The molecule has 0 fully saturated rings. The van der Waals surface area contributed by atoms with Crippen molar-refractivity contribution < 1.29 is 22.8 Å². The number of urea groups is 1. The van der Waals surface area contributed by atoms with Gasteiger partial charge in [-0.05, 0) is 49.2 Å². The largest absolute Gasteiger partial charge is 0.395 e. The van der Waals surface area contributed by atoms with Crippen molar-refractivity contribution in [2.24, 2.45) is 5.92 Å². The number of halogens is 3. The lowest BCUT2D eigenvalue weighted by Crippen LogP contribution is -2.45. The van der Waals surface area contributed by atoms with Gasteiger partial charge < -0.3 is 16.0 Å². The van der Waals surface area contributed by atoms with E-state index in [4.69, 9.17) is 0 Å². The fourth-order valence-electron chi connectivity index (χ4n) is 4.14. The van der Waals surface area contributed by atoms with Crippen LogP contribution in [0.2, 0.25) is 0 Å². The highest BCUT2D eigenvalue weighted by molar-refractivity contribution is 7.13. The van der Waals surface area contributed by atoms with E-state index in [9.17, 15) is 22.8 Å². The normalized spacial score (nSPS) is 20.5. The number of fused-ring (bicyclic) bond motifs is 1. The maximum Gasteiger partial charge on any atom is 0.395 e. The van der Waals surface area contributed by atoms with Crippen LogP contribution in [0.25, 0.3) is 16.5 Å². The molecule has 35 heavy (non-hydrogen) atoms. The van der Waals surface area contributed by atoms with Crippen LogP contribution in [0.3, 0.4) is 0 Å². The SMILES string of the molecule is CC1=C(C(=O)Nc2ccc3[nH]ncc3c2)C(c2ccc(C3=CCC(C(F)(F)F)C=C3)s2)NC(=O)N1. The first-order chi connectivity index (χ1) is 16.7. The number of allylic oxidation sites excluding steroid dienone is 5. The van der Waals surface area contributed by atoms with Gasteiger partial charge in [-0.25, -0.2) is 4.79 Å². The molecule has 2 atom stereocenters. The van der Waals surface area contributed by atoms with Crippen LogP contribution < -0.4 is 16.0 Å². The summed E-state index contributed by atoms with van der Waals surface area (Å²) < 4.78 is 38.9. The Morgan fingerprint density at radius 1 is 1.23 bits per heavy atom. The van der Waals surface area contributed by atoms with Crippen LogP contribution in [0.15, 0.2) is 66.0 Å². The van der Waals surface area contributed by atoms with Crippen molar-refractivity contribution in [2.75, 3.05) is 5.32 Å². The minimum atomic E-state index is -4.27. The molecule has 0 bridgehead atoms. The van der Waals surface area contributed by atoms with Crippen LogP contribution in [0.5, 0.6) is 0 Å². The van der Waals surface area contributed by atoms with Crippen LogP contribution >= 0.6 is 11.3 Å². The Hall–Kier alpha value is -3.86. The number of carbonyl (C=O) groups is 2. The number of carbonyl (C=O) groups excluding carboxylic acids is 2. The van der Waals surface area contributed by atoms with Crippen molar-refractivity contribution in [3.8, 4) is 0 Å². The van der Waals surface area contributed by atoms with Gasteiger partial charge in [0, 0.05) is 26.5 Å². The molecule has 5 rings (SSSR count). The summed E-state index contributed by atoms with van der Waals surface area (Å²) in [6.07, 6.45) is 1.46. The van der Waals surface area contributed by atoms with E-state index in [1.807, 2.05) is 0 Å². The molecule has 0 saturated heterocycles. The molecule has 3 amide bonds. The van der Waals surface area contributed by atoms with Crippen molar-refractivity contribution in [1.29, 1.82) is 0 Å². The molecule has 0 saturated carbocycles. The van der Waals surface area contributed by atoms with Crippen molar-refractivity contribution in [3.63, 3.8) is 0 Å². The molecule has 7 nitrogen and oxygen atoms in total. The summed E-state index contributed by atoms with van der Waals surface area (Å²) in [6, 6.07) is 7.75. The second kappa shape index (κ2) is 8.73. The lowest BCUT2D eigenvalue weighted by molar-refractivity contribution is -0.160. The molecule has 2 aromatic heterocycles. The summed E-state index contributed by atoms with van der Waals surface area (Å²) in [4.78, 5) is 26.9. The van der Waals surface area contributed by atoms with Gasteiger partial charge in [-0.2, -0.15) is 18.3 Å². The van der Waals surface area contributed by atoms with E-state index in [0.29, 0.717) is 27.4 Å². The van der Waals surface area contributed by atoms with Crippen LogP contribution in [0.4, 0.5) is 23.7 Å². The number of hydrogen-bond donors (Lipinski definition) is 4. The monoisotopic (exact) mass is 499 g/mol. The lowest BCUT2D eigenvalue weighted by atomic mass is 9.95. The number of nitrogens with zero attached hydrogens (tertiary/aromatic N) is 1. The van der Waals surface area contributed by atoms with Crippen molar-refractivity contribution in [1.82, 2.24) is 20.8 Å². The predicted molar refractivity (Wildman–Crippen MR) is 127 cm³/mol. The third-order valence-corrected chi connectivity index (χ3v) is 7.13. The van der Waals surface area contributed by atoms with Gasteiger partial charge in [0.25, 0.3) is 5.91 Å². The quantitative estimate of drug-likeness (QED) is 0.386. The molecular formula is C24H20F3N5O2S. The minimum absolute atomic E-state index is 0.125. The summed E-state index contributed by atoms with van der Waals surface area (Å²) in [6.45, 7) is 1.65. The molecule has 0 radical (unpaired) electrons. The first kappa shape index (κ1) is 22.9. The number of hydrogen-bond acceptors (Lipinski definition) is 4. The third kappa shape index (κ3) is 4.59. The van der Waals surface area contributed by atoms with Crippen molar-refractivity contribution >= 4 is 45.4 Å². The Balaban J connectivity index is 1.39. The fraction of sp³-hybridized carbons (Fsp3) is 0.208. The summed E-state index contributed by atoms with van der Waals surface area (Å²) in [5.74, 6) is -1.88. The highest BCUT2D eigenvalue weighted by atomic mass is 32.1. The number of aromatic nitrogens is 2. The highest BCUT2D eigenvalue weighted by Gasteiger charge is 2.38. The Morgan fingerprint density at radius 3 is 2.80 bits per heavy atom. The number of rotatable bonds is 4. The smallest absolute Gasteiger partial charge is 0.326 e. The van der Waals surface area contributed by atoms with Crippen molar-refractivity contribution in [3.05, 3.63) is 75.8 Å². The van der Waals surface area contributed by atoms with E-state index in [0.717, 1.165) is 15.8 Å². The molecule has 2 unspecified atom stereocenters. The van der Waals surface area contributed by atoms with Crippen LogP contribution in [0.1, 0.15) is 29.1 Å². The molecule has 1 aromatic carbocycles. The van der Waals surface area contributed by atoms with Gasteiger partial charge in [-0.3, -0.25) is 9.89 Å². The number of H-pyrrole nitrogens is 1. The molecule has 0 spiro atoms. The van der Waals surface area contributed by atoms with Gasteiger partial charge in [-0.15, -0.1) is 11.3 Å². The lowest BCUT2D eigenvalue weighted by Gasteiger charge is -2.27. The van der Waals surface area contributed by atoms with E-state index < -0.39 is 24.2 Å². The maximum atomic E-state index is 13.3. The zero-order valence-electron chi connectivity index (χ0n) is 18.4. The van der Waals surface area contributed by atoms with Gasteiger partial charge in [0.05, 0.1) is 29.2 Å². The molecule has 1 aliphatic carbocycles. The first-order valence-electron chi connectivity index (χ1n) is 10.8. The second-order valence-corrected chi connectivity index (χ2v) is 9.42. The zero-order chi connectivity index (χ0) is 24.7.